The van der Waals surface area contributed by atoms with Crippen molar-refractivity contribution in [1.82, 2.24) is 10.2 Å². The lowest BCUT2D eigenvalue weighted by Gasteiger charge is -2.24. The molecule has 0 saturated heterocycles. The maximum Gasteiger partial charge on any atom is 0.308 e. The minimum absolute atomic E-state index is 0.00714. The normalized spacial score (nSPS) is 21.1. The number of ether oxygens (including phenoxy) is 1. The van der Waals surface area contributed by atoms with Gasteiger partial charge in [-0.05, 0) is 43.4 Å². The molecule has 1 fully saturated rings. The summed E-state index contributed by atoms with van der Waals surface area (Å²) >= 11 is 5.88. The zero-order chi connectivity index (χ0) is 16.2. The zero-order valence-electron chi connectivity index (χ0n) is 13.0. The van der Waals surface area contributed by atoms with E-state index in [0.717, 1.165) is 31.2 Å². The number of halogens is 1. The molecular weight excluding hydrogens is 316 g/mol. The van der Waals surface area contributed by atoms with E-state index >= 15 is 0 Å². The molecular formula is C17H19ClN2O3. The van der Waals surface area contributed by atoms with Gasteiger partial charge in [0.05, 0.1) is 19.4 Å². The fourth-order valence-electron chi connectivity index (χ4n) is 3.02. The Morgan fingerprint density at radius 1 is 1.22 bits per heavy atom. The second-order valence-electron chi connectivity index (χ2n) is 5.91. The third-order valence-electron chi connectivity index (χ3n) is 4.36. The van der Waals surface area contributed by atoms with Crippen LogP contribution < -0.4 is 0 Å². The first-order valence-electron chi connectivity index (χ1n) is 7.80. The Labute approximate surface area is 140 Å². The Bertz CT molecular complexity index is 661. The van der Waals surface area contributed by atoms with Gasteiger partial charge in [-0.25, -0.2) is 0 Å². The summed E-state index contributed by atoms with van der Waals surface area (Å²) in [6.07, 6.45) is 3.98. The fourth-order valence-corrected chi connectivity index (χ4v) is 3.15. The van der Waals surface area contributed by atoms with Crippen LogP contribution in [0.25, 0.3) is 0 Å². The van der Waals surface area contributed by atoms with Crippen molar-refractivity contribution in [3.8, 4) is 0 Å². The Morgan fingerprint density at radius 3 is 2.57 bits per heavy atom. The van der Waals surface area contributed by atoms with Gasteiger partial charge in [0.2, 0.25) is 11.8 Å². The predicted molar refractivity (Wildman–Crippen MR) is 85.3 cm³/mol. The summed E-state index contributed by atoms with van der Waals surface area (Å²) in [7, 11) is 1.44. The standard InChI is InChI=1S/C17H19ClN2O3/c1-22-17(21)13-6-4-12(5-7-13)16-20-19-15(23-16)10-11-2-8-14(18)9-3-11/h2-3,8-9,12-13H,4-7,10H2,1H3. The number of hydrogen-bond donors (Lipinski definition) is 0. The number of carbonyl (C=O) groups excluding carboxylic acids is 1. The number of hydrogen-bond acceptors (Lipinski definition) is 5. The zero-order valence-corrected chi connectivity index (χ0v) is 13.8. The van der Waals surface area contributed by atoms with Crippen LogP contribution in [-0.4, -0.2) is 23.3 Å². The number of aromatic nitrogens is 2. The Morgan fingerprint density at radius 2 is 1.91 bits per heavy atom. The fraction of sp³-hybridized carbons (Fsp3) is 0.471. The van der Waals surface area contributed by atoms with E-state index in [2.05, 4.69) is 10.2 Å². The molecule has 5 nitrogen and oxygen atoms in total. The van der Waals surface area contributed by atoms with E-state index in [4.69, 9.17) is 20.8 Å². The van der Waals surface area contributed by atoms with Crippen LogP contribution in [0.5, 0.6) is 0 Å². The Balaban J connectivity index is 1.59. The second kappa shape index (κ2) is 7.13. The molecule has 6 heteroatoms. The first-order valence-corrected chi connectivity index (χ1v) is 8.18. The minimum atomic E-state index is -0.114. The number of nitrogens with zero attached hydrogens (tertiary/aromatic N) is 2. The van der Waals surface area contributed by atoms with Crippen LogP contribution in [0.15, 0.2) is 28.7 Å². The van der Waals surface area contributed by atoms with Crippen molar-refractivity contribution in [2.45, 2.75) is 38.0 Å². The van der Waals surface area contributed by atoms with Crippen molar-refractivity contribution >= 4 is 17.6 Å². The molecule has 122 valence electrons. The molecule has 1 aromatic heterocycles. The van der Waals surface area contributed by atoms with E-state index in [9.17, 15) is 4.79 Å². The highest BCUT2D eigenvalue weighted by atomic mass is 35.5. The largest absolute Gasteiger partial charge is 0.469 e. The van der Waals surface area contributed by atoms with E-state index in [1.165, 1.54) is 7.11 Å². The van der Waals surface area contributed by atoms with Gasteiger partial charge in [0.25, 0.3) is 0 Å². The van der Waals surface area contributed by atoms with E-state index < -0.39 is 0 Å². The van der Waals surface area contributed by atoms with E-state index in [1.807, 2.05) is 24.3 Å². The van der Waals surface area contributed by atoms with Gasteiger partial charge < -0.3 is 9.15 Å². The van der Waals surface area contributed by atoms with Crippen molar-refractivity contribution in [2.75, 3.05) is 7.11 Å². The van der Waals surface area contributed by atoms with Crippen LogP contribution in [0.3, 0.4) is 0 Å². The smallest absolute Gasteiger partial charge is 0.308 e. The lowest BCUT2D eigenvalue weighted by atomic mass is 9.82. The molecule has 0 atom stereocenters. The van der Waals surface area contributed by atoms with Crippen LogP contribution in [0.2, 0.25) is 5.02 Å². The SMILES string of the molecule is COC(=O)C1CCC(c2nnc(Cc3ccc(Cl)cc3)o2)CC1. The summed E-state index contributed by atoms with van der Waals surface area (Å²) in [5, 5.41) is 9.03. The molecule has 2 aromatic rings. The summed E-state index contributed by atoms with van der Waals surface area (Å²) in [5.74, 6) is 1.42. The molecule has 23 heavy (non-hydrogen) atoms. The summed E-state index contributed by atoms with van der Waals surface area (Å²) in [4.78, 5) is 11.6. The van der Waals surface area contributed by atoms with E-state index in [0.29, 0.717) is 23.2 Å². The molecule has 1 aromatic carbocycles. The van der Waals surface area contributed by atoms with Gasteiger partial charge in [-0.1, -0.05) is 23.7 Å². The molecule has 0 spiro atoms. The predicted octanol–water partition coefficient (Wildman–Crippen LogP) is 3.76. The Hall–Kier alpha value is -1.88. The average Bonchev–Trinajstić information content (AvgIpc) is 3.05. The van der Waals surface area contributed by atoms with Crippen molar-refractivity contribution < 1.29 is 13.9 Å². The van der Waals surface area contributed by atoms with Gasteiger partial charge in [0, 0.05) is 10.9 Å². The quantitative estimate of drug-likeness (QED) is 0.796. The molecule has 1 aliphatic rings. The van der Waals surface area contributed by atoms with E-state index in [1.54, 1.807) is 0 Å². The van der Waals surface area contributed by atoms with Crippen LogP contribution >= 0.6 is 11.6 Å². The van der Waals surface area contributed by atoms with Crippen LogP contribution in [0.4, 0.5) is 0 Å². The Kier molecular flexibility index (Phi) is 4.96. The summed E-state index contributed by atoms with van der Waals surface area (Å²) in [6.45, 7) is 0. The number of methoxy groups -OCH3 is 1. The third-order valence-corrected chi connectivity index (χ3v) is 4.61. The first-order chi connectivity index (χ1) is 11.2. The molecule has 1 saturated carbocycles. The van der Waals surface area contributed by atoms with Crippen LogP contribution in [-0.2, 0) is 16.0 Å². The maximum absolute atomic E-state index is 11.6. The molecule has 0 amide bonds. The van der Waals surface area contributed by atoms with Crippen molar-refractivity contribution in [1.29, 1.82) is 0 Å². The van der Waals surface area contributed by atoms with Crippen molar-refractivity contribution in [3.05, 3.63) is 46.6 Å². The van der Waals surface area contributed by atoms with Gasteiger partial charge >= 0.3 is 5.97 Å². The molecule has 0 radical (unpaired) electrons. The van der Waals surface area contributed by atoms with Crippen molar-refractivity contribution in [2.24, 2.45) is 5.92 Å². The van der Waals surface area contributed by atoms with Gasteiger partial charge in [0.1, 0.15) is 0 Å². The van der Waals surface area contributed by atoms with E-state index in [-0.39, 0.29) is 17.8 Å². The highest BCUT2D eigenvalue weighted by Crippen LogP contribution is 2.35. The molecule has 0 N–H and O–H groups in total. The van der Waals surface area contributed by atoms with Crippen molar-refractivity contribution in [3.63, 3.8) is 0 Å². The highest BCUT2D eigenvalue weighted by molar-refractivity contribution is 6.30. The van der Waals surface area contributed by atoms with Gasteiger partial charge in [-0.15, -0.1) is 10.2 Å². The summed E-state index contributed by atoms with van der Waals surface area (Å²) in [5.41, 5.74) is 1.08. The summed E-state index contributed by atoms with van der Waals surface area (Å²) < 4.78 is 10.6. The van der Waals surface area contributed by atoms with Gasteiger partial charge in [-0.2, -0.15) is 0 Å². The first kappa shape index (κ1) is 16.0. The molecule has 0 bridgehead atoms. The van der Waals surface area contributed by atoms with Gasteiger partial charge in [0.15, 0.2) is 0 Å². The van der Waals surface area contributed by atoms with Crippen LogP contribution in [0, 0.1) is 5.92 Å². The van der Waals surface area contributed by atoms with Crippen LogP contribution in [0.1, 0.15) is 48.9 Å². The minimum Gasteiger partial charge on any atom is -0.469 e. The molecule has 3 rings (SSSR count). The summed E-state index contributed by atoms with van der Waals surface area (Å²) in [6, 6.07) is 7.60. The second-order valence-corrected chi connectivity index (χ2v) is 6.35. The molecule has 0 aliphatic heterocycles. The topological polar surface area (TPSA) is 65.2 Å². The number of esters is 1. The number of rotatable bonds is 4. The number of benzene rings is 1. The monoisotopic (exact) mass is 334 g/mol. The highest BCUT2D eigenvalue weighted by Gasteiger charge is 2.30. The number of carbonyl (C=O) groups is 1. The molecule has 1 heterocycles. The van der Waals surface area contributed by atoms with Gasteiger partial charge in [-0.3, -0.25) is 4.79 Å². The third kappa shape index (κ3) is 3.91. The lowest BCUT2D eigenvalue weighted by Crippen LogP contribution is -2.22. The lowest BCUT2D eigenvalue weighted by molar-refractivity contribution is -0.146. The maximum atomic E-state index is 11.6. The molecule has 0 unspecified atom stereocenters. The molecule has 1 aliphatic carbocycles. The average molecular weight is 335 g/mol.